The molecule has 1 aliphatic rings. The van der Waals surface area contributed by atoms with Crippen molar-refractivity contribution in [1.82, 2.24) is 19.5 Å². The van der Waals surface area contributed by atoms with E-state index in [1.54, 1.807) is 24.3 Å². The molecule has 39 heavy (non-hydrogen) atoms. The number of amides is 3. The van der Waals surface area contributed by atoms with Crippen molar-refractivity contribution < 1.29 is 22.4 Å². The van der Waals surface area contributed by atoms with Crippen LogP contribution in [0.4, 0.5) is 14.9 Å². The standard InChI is InChI=1S/C28H26FN5O4S/c29-22-11-13-23(14-12-22)32-28(36)33-16-17-34(24(19-33)27(35)31-18-20-6-2-1-3-7-20)39(37,38)25-10-4-8-21-9-5-15-30-26(21)25/h1-15,24H,16-19H2,(H,31,35)(H,32,36). The van der Waals surface area contributed by atoms with Crippen LogP contribution in [0.2, 0.25) is 0 Å². The lowest BCUT2D eigenvalue weighted by Gasteiger charge is -2.39. The van der Waals surface area contributed by atoms with Gasteiger partial charge in [0.2, 0.25) is 15.9 Å². The second-order valence-corrected chi connectivity index (χ2v) is 10.9. The molecule has 0 spiro atoms. The highest BCUT2D eigenvalue weighted by Crippen LogP contribution is 2.27. The second kappa shape index (κ2) is 11.2. The third-order valence-electron chi connectivity index (χ3n) is 6.51. The molecule has 1 unspecified atom stereocenters. The summed E-state index contributed by atoms with van der Waals surface area (Å²) < 4.78 is 42.3. The van der Waals surface area contributed by atoms with Gasteiger partial charge in [0, 0.05) is 43.4 Å². The normalized spacial score (nSPS) is 16.1. The summed E-state index contributed by atoms with van der Waals surface area (Å²) in [6.07, 6.45) is 1.52. The van der Waals surface area contributed by atoms with E-state index in [-0.39, 0.29) is 31.1 Å². The van der Waals surface area contributed by atoms with E-state index < -0.39 is 33.8 Å². The highest BCUT2D eigenvalue weighted by molar-refractivity contribution is 7.89. The van der Waals surface area contributed by atoms with Gasteiger partial charge in [-0.25, -0.2) is 17.6 Å². The third-order valence-corrected chi connectivity index (χ3v) is 8.45. The molecule has 0 radical (unpaired) electrons. The molecular weight excluding hydrogens is 521 g/mol. The van der Waals surface area contributed by atoms with Crippen LogP contribution in [0, 0.1) is 5.82 Å². The zero-order valence-corrected chi connectivity index (χ0v) is 21.6. The number of anilines is 1. The van der Waals surface area contributed by atoms with Gasteiger partial charge in [-0.3, -0.25) is 9.78 Å². The van der Waals surface area contributed by atoms with Crippen LogP contribution in [-0.4, -0.2) is 60.2 Å². The highest BCUT2D eigenvalue weighted by Gasteiger charge is 2.42. The van der Waals surface area contributed by atoms with Gasteiger partial charge in [-0.1, -0.05) is 48.5 Å². The number of para-hydroxylation sites is 1. The summed E-state index contributed by atoms with van der Waals surface area (Å²) in [6.45, 7) is -0.0362. The number of hydrogen-bond donors (Lipinski definition) is 2. The maximum absolute atomic E-state index is 13.9. The number of carbonyl (C=O) groups is 2. The van der Waals surface area contributed by atoms with Gasteiger partial charge in [-0.05, 0) is 42.0 Å². The summed E-state index contributed by atoms with van der Waals surface area (Å²) >= 11 is 0. The Bertz CT molecular complexity index is 1590. The first-order chi connectivity index (χ1) is 18.8. The number of aromatic nitrogens is 1. The quantitative estimate of drug-likeness (QED) is 0.383. The lowest BCUT2D eigenvalue weighted by atomic mass is 10.2. The maximum Gasteiger partial charge on any atom is 0.321 e. The number of urea groups is 1. The first-order valence-electron chi connectivity index (χ1n) is 12.3. The Balaban J connectivity index is 1.42. The van der Waals surface area contributed by atoms with Gasteiger partial charge in [0.05, 0.1) is 5.52 Å². The molecule has 1 fully saturated rings. The number of pyridine rings is 1. The first kappa shape index (κ1) is 26.3. The number of piperazine rings is 1. The van der Waals surface area contributed by atoms with Gasteiger partial charge in [-0.15, -0.1) is 0 Å². The fourth-order valence-electron chi connectivity index (χ4n) is 4.50. The van der Waals surface area contributed by atoms with Crippen LogP contribution in [0.25, 0.3) is 10.9 Å². The lowest BCUT2D eigenvalue weighted by Crippen LogP contribution is -2.61. The molecule has 1 aromatic heterocycles. The number of halogens is 1. The van der Waals surface area contributed by atoms with Crippen LogP contribution < -0.4 is 10.6 Å². The van der Waals surface area contributed by atoms with Gasteiger partial charge < -0.3 is 15.5 Å². The topological polar surface area (TPSA) is 112 Å². The fraction of sp³-hybridized carbons (Fsp3) is 0.179. The molecule has 11 heteroatoms. The molecule has 1 atom stereocenters. The predicted molar refractivity (Wildman–Crippen MR) is 145 cm³/mol. The minimum atomic E-state index is -4.17. The SMILES string of the molecule is O=C(NCc1ccccc1)C1CN(C(=O)Nc2ccc(F)cc2)CCN1S(=O)(=O)c1cccc2cccnc12. The number of nitrogens with one attached hydrogen (secondary N) is 2. The van der Waals surface area contributed by atoms with E-state index in [2.05, 4.69) is 15.6 Å². The lowest BCUT2D eigenvalue weighted by molar-refractivity contribution is -0.126. The molecule has 3 amide bonds. The number of nitrogens with zero attached hydrogens (tertiary/aromatic N) is 3. The summed E-state index contributed by atoms with van der Waals surface area (Å²) in [5.74, 6) is -0.972. The van der Waals surface area contributed by atoms with E-state index in [1.165, 1.54) is 41.4 Å². The van der Waals surface area contributed by atoms with Crippen molar-refractivity contribution >= 4 is 38.6 Å². The van der Waals surface area contributed by atoms with Gasteiger partial charge in [0.1, 0.15) is 16.8 Å². The molecule has 9 nitrogen and oxygen atoms in total. The molecule has 4 aromatic rings. The maximum atomic E-state index is 13.9. The fourth-order valence-corrected chi connectivity index (χ4v) is 6.24. The smallest absolute Gasteiger partial charge is 0.321 e. The van der Waals surface area contributed by atoms with Crippen LogP contribution in [0.1, 0.15) is 5.56 Å². The van der Waals surface area contributed by atoms with Crippen molar-refractivity contribution in [1.29, 1.82) is 0 Å². The number of rotatable bonds is 6. The molecule has 2 heterocycles. The molecule has 200 valence electrons. The predicted octanol–water partition coefficient (Wildman–Crippen LogP) is 3.60. The summed E-state index contributed by atoms with van der Waals surface area (Å²) in [6, 6.07) is 21.2. The number of fused-ring (bicyclic) bond motifs is 1. The van der Waals surface area contributed by atoms with E-state index in [0.29, 0.717) is 16.6 Å². The molecule has 3 aromatic carbocycles. The minimum Gasteiger partial charge on any atom is -0.351 e. The highest BCUT2D eigenvalue weighted by atomic mass is 32.2. The van der Waals surface area contributed by atoms with Crippen molar-refractivity contribution in [2.45, 2.75) is 17.5 Å². The van der Waals surface area contributed by atoms with Crippen molar-refractivity contribution in [3.8, 4) is 0 Å². The molecule has 1 aliphatic heterocycles. The molecule has 0 aliphatic carbocycles. The van der Waals surface area contributed by atoms with Crippen molar-refractivity contribution in [3.63, 3.8) is 0 Å². The Labute approximate surface area is 225 Å². The van der Waals surface area contributed by atoms with Gasteiger partial charge in [-0.2, -0.15) is 4.31 Å². The van der Waals surface area contributed by atoms with Crippen LogP contribution in [0.5, 0.6) is 0 Å². The third kappa shape index (κ3) is 5.74. The summed E-state index contributed by atoms with van der Waals surface area (Å²) in [5, 5.41) is 6.14. The van der Waals surface area contributed by atoms with Gasteiger partial charge in [0.15, 0.2) is 0 Å². The van der Waals surface area contributed by atoms with Crippen LogP contribution in [-0.2, 0) is 21.4 Å². The van der Waals surface area contributed by atoms with Gasteiger partial charge >= 0.3 is 6.03 Å². The Morgan fingerprint density at radius 3 is 2.44 bits per heavy atom. The molecule has 2 N–H and O–H groups in total. The molecular formula is C28H26FN5O4S. The summed E-state index contributed by atoms with van der Waals surface area (Å²) in [7, 11) is -4.17. The second-order valence-electron chi connectivity index (χ2n) is 9.05. The van der Waals surface area contributed by atoms with Crippen molar-refractivity contribution in [2.75, 3.05) is 25.0 Å². The van der Waals surface area contributed by atoms with E-state index in [0.717, 1.165) is 9.87 Å². The van der Waals surface area contributed by atoms with E-state index in [1.807, 2.05) is 30.3 Å². The molecule has 5 rings (SSSR count). The molecule has 1 saturated heterocycles. The summed E-state index contributed by atoms with van der Waals surface area (Å²) in [5.41, 5.74) is 1.53. The zero-order chi connectivity index (χ0) is 27.4. The van der Waals surface area contributed by atoms with Crippen molar-refractivity contribution in [2.24, 2.45) is 0 Å². The van der Waals surface area contributed by atoms with Crippen LogP contribution in [0.3, 0.4) is 0 Å². The Morgan fingerprint density at radius 2 is 1.67 bits per heavy atom. The monoisotopic (exact) mass is 547 g/mol. The largest absolute Gasteiger partial charge is 0.351 e. The van der Waals surface area contributed by atoms with E-state index in [4.69, 9.17) is 0 Å². The van der Waals surface area contributed by atoms with E-state index in [9.17, 15) is 22.4 Å². The minimum absolute atomic E-state index is 0.00864. The first-order valence-corrected chi connectivity index (χ1v) is 13.8. The van der Waals surface area contributed by atoms with Gasteiger partial charge in [0.25, 0.3) is 0 Å². The van der Waals surface area contributed by atoms with Crippen molar-refractivity contribution in [3.05, 3.63) is 103 Å². The average Bonchev–Trinajstić information content (AvgIpc) is 2.97. The van der Waals surface area contributed by atoms with Crippen LogP contribution >= 0.6 is 0 Å². The Hall–Kier alpha value is -4.35. The number of benzene rings is 3. The number of carbonyl (C=O) groups excluding carboxylic acids is 2. The molecule has 0 saturated carbocycles. The van der Waals surface area contributed by atoms with Crippen LogP contribution in [0.15, 0.2) is 96.0 Å². The zero-order valence-electron chi connectivity index (χ0n) is 20.8. The Kier molecular flexibility index (Phi) is 7.53. The average molecular weight is 548 g/mol. The summed E-state index contributed by atoms with van der Waals surface area (Å²) in [4.78, 5) is 32.1. The number of sulfonamides is 1. The number of hydrogen-bond acceptors (Lipinski definition) is 5. The Morgan fingerprint density at radius 1 is 0.923 bits per heavy atom. The molecule has 0 bridgehead atoms. The van der Waals surface area contributed by atoms with E-state index >= 15 is 0 Å².